The number of pyridine rings is 1. The van der Waals surface area contributed by atoms with Gasteiger partial charge in [0.1, 0.15) is 17.1 Å². The second-order valence-corrected chi connectivity index (χ2v) is 6.77. The molecule has 0 aliphatic heterocycles. The van der Waals surface area contributed by atoms with Gasteiger partial charge in [0.25, 0.3) is 5.91 Å². The summed E-state index contributed by atoms with van der Waals surface area (Å²) in [5, 5.41) is 3.53. The number of aromatic nitrogens is 1. The van der Waals surface area contributed by atoms with Gasteiger partial charge in [-0.25, -0.2) is 9.98 Å². The largest absolute Gasteiger partial charge is 0.497 e. The van der Waals surface area contributed by atoms with Crippen LogP contribution in [0.5, 0.6) is 11.5 Å². The second-order valence-electron chi connectivity index (χ2n) is 6.77. The third-order valence-corrected chi connectivity index (χ3v) is 4.64. The Kier molecular flexibility index (Phi) is 5.66. The standard InChI is InChI=1S/C24H21N3O4/c1-15-6-4-9-21(25-15)27-23(28)19-14-16-7-5-8-20(30-3)22(16)31-24(19)26-17-10-12-18(29-2)13-11-17/h4-14H,1-3H3,(H,25,27,28). The lowest BCUT2D eigenvalue weighted by molar-refractivity contribution is 0.102. The van der Waals surface area contributed by atoms with Crippen molar-refractivity contribution in [3.05, 3.63) is 83.5 Å². The van der Waals surface area contributed by atoms with E-state index in [0.717, 1.165) is 11.1 Å². The number of rotatable bonds is 5. The number of hydrogen-bond acceptors (Lipinski definition) is 6. The number of nitrogens with zero attached hydrogens (tertiary/aromatic N) is 2. The van der Waals surface area contributed by atoms with Crippen molar-refractivity contribution in [1.82, 2.24) is 4.98 Å². The van der Waals surface area contributed by atoms with Gasteiger partial charge in [-0.3, -0.25) is 4.79 Å². The molecule has 7 heteroatoms. The zero-order chi connectivity index (χ0) is 21.8. The van der Waals surface area contributed by atoms with Crippen LogP contribution in [0.25, 0.3) is 11.0 Å². The highest BCUT2D eigenvalue weighted by molar-refractivity contribution is 6.05. The summed E-state index contributed by atoms with van der Waals surface area (Å²) in [6.45, 7) is 1.86. The monoisotopic (exact) mass is 415 g/mol. The third kappa shape index (κ3) is 4.40. The maximum atomic E-state index is 13.1. The van der Waals surface area contributed by atoms with Crippen molar-refractivity contribution in [3.8, 4) is 11.5 Å². The molecule has 0 fully saturated rings. The van der Waals surface area contributed by atoms with Gasteiger partial charge < -0.3 is 19.2 Å². The van der Waals surface area contributed by atoms with Crippen LogP contribution in [0.4, 0.5) is 11.5 Å². The molecule has 156 valence electrons. The maximum absolute atomic E-state index is 13.1. The lowest BCUT2D eigenvalue weighted by Crippen LogP contribution is -2.22. The number of para-hydroxylation sites is 1. The van der Waals surface area contributed by atoms with Crippen molar-refractivity contribution < 1.29 is 18.7 Å². The van der Waals surface area contributed by atoms with Crippen LogP contribution in [0.2, 0.25) is 0 Å². The summed E-state index contributed by atoms with van der Waals surface area (Å²) in [6.07, 6.45) is 0. The zero-order valence-electron chi connectivity index (χ0n) is 17.4. The molecule has 0 saturated carbocycles. The molecule has 1 amide bonds. The number of aryl methyl sites for hydroxylation is 1. The van der Waals surface area contributed by atoms with Gasteiger partial charge in [0.2, 0.25) is 5.55 Å². The summed E-state index contributed by atoms with van der Waals surface area (Å²) < 4.78 is 16.7. The summed E-state index contributed by atoms with van der Waals surface area (Å²) in [4.78, 5) is 22.0. The quantitative estimate of drug-likeness (QED) is 0.513. The lowest BCUT2D eigenvalue weighted by Gasteiger charge is -2.09. The summed E-state index contributed by atoms with van der Waals surface area (Å²) in [7, 11) is 3.16. The van der Waals surface area contributed by atoms with Crippen LogP contribution in [-0.4, -0.2) is 25.1 Å². The van der Waals surface area contributed by atoms with Crippen LogP contribution in [0.3, 0.4) is 0 Å². The van der Waals surface area contributed by atoms with Gasteiger partial charge in [-0.2, -0.15) is 0 Å². The number of ether oxygens (including phenoxy) is 2. The molecule has 0 atom stereocenters. The average molecular weight is 415 g/mol. The summed E-state index contributed by atoms with van der Waals surface area (Å²) >= 11 is 0. The Balaban J connectivity index is 1.86. The predicted octanol–water partition coefficient (Wildman–Crippen LogP) is 4.64. The van der Waals surface area contributed by atoms with Gasteiger partial charge >= 0.3 is 0 Å². The van der Waals surface area contributed by atoms with E-state index in [0.29, 0.717) is 28.6 Å². The summed E-state index contributed by atoms with van der Waals surface area (Å²) in [5.41, 5.74) is 2.35. The lowest BCUT2D eigenvalue weighted by atomic mass is 10.1. The molecule has 2 aromatic heterocycles. The Hall–Kier alpha value is -4.13. The molecule has 4 aromatic rings. The SMILES string of the molecule is COc1ccc(N=c2oc3c(OC)cccc3cc2C(=O)Nc2cccc(C)n2)cc1. The molecule has 0 saturated heterocycles. The van der Waals surface area contributed by atoms with Gasteiger partial charge in [0, 0.05) is 11.1 Å². The number of hydrogen-bond donors (Lipinski definition) is 1. The first-order valence-corrected chi connectivity index (χ1v) is 9.62. The Morgan fingerprint density at radius 3 is 2.48 bits per heavy atom. The number of anilines is 1. The highest BCUT2D eigenvalue weighted by Crippen LogP contribution is 2.25. The fourth-order valence-corrected chi connectivity index (χ4v) is 3.10. The molecule has 0 radical (unpaired) electrons. The number of methoxy groups -OCH3 is 2. The molecule has 0 bridgehead atoms. The molecule has 31 heavy (non-hydrogen) atoms. The molecule has 0 aliphatic carbocycles. The van der Waals surface area contributed by atoms with E-state index < -0.39 is 0 Å². The minimum atomic E-state index is -0.376. The predicted molar refractivity (Wildman–Crippen MR) is 118 cm³/mol. The van der Waals surface area contributed by atoms with E-state index in [1.807, 2.05) is 31.2 Å². The van der Waals surface area contributed by atoms with E-state index in [2.05, 4.69) is 15.3 Å². The first-order chi connectivity index (χ1) is 15.1. The van der Waals surface area contributed by atoms with Crippen molar-refractivity contribution in [3.63, 3.8) is 0 Å². The van der Waals surface area contributed by atoms with Crippen molar-refractivity contribution in [1.29, 1.82) is 0 Å². The second kappa shape index (κ2) is 8.71. The smallest absolute Gasteiger partial charge is 0.262 e. The fourth-order valence-electron chi connectivity index (χ4n) is 3.10. The molecule has 0 aliphatic rings. The number of carbonyl (C=O) groups is 1. The first kappa shape index (κ1) is 20.2. The third-order valence-electron chi connectivity index (χ3n) is 4.64. The highest BCUT2D eigenvalue weighted by atomic mass is 16.5. The molecule has 7 nitrogen and oxygen atoms in total. The van der Waals surface area contributed by atoms with Gasteiger partial charge in [-0.1, -0.05) is 18.2 Å². The average Bonchev–Trinajstić information content (AvgIpc) is 2.78. The van der Waals surface area contributed by atoms with E-state index >= 15 is 0 Å². The Bertz CT molecular complexity index is 1310. The topological polar surface area (TPSA) is 86.0 Å². The maximum Gasteiger partial charge on any atom is 0.262 e. The van der Waals surface area contributed by atoms with E-state index in [1.165, 1.54) is 0 Å². The van der Waals surface area contributed by atoms with E-state index in [4.69, 9.17) is 13.9 Å². The first-order valence-electron chi connectivity index (χ1n) is 9.62. The van der Waals surface area contributed by atoms with Crippen LogP contribution >= 0.6 is 0 Å². The van der Waals surface area contributed by atoms with Crippen molar-refractivity contribution in [2.24, 2.45) is 4.99 Å². The number of nitrogens with one attached hydrogen (secondary N) is 1. The van der Waals surface area contributed by atoms with Gasteiger partial charge in [-0.05, 0) is 55.5 Å². The van der Waals surface area contributed by atoms with Crippen molar-refractivity contribution in [2.75, 3.05) is 19.5 Å². The van der Waals surface area contributed by atoms with Crippen LogP contribution < -0.4 is 20.3 Å². The minimum Gasteiger partial charge on any atom is -0.497 e. The van der Waals surface area contributed by atoms with Crippen LogP contribution in [0.15, 0.2) is 76.1 Å². The number of amides is 1. The number of carbonyl (C=O) groups excluding carboxylic acids is 1. The highest BCUT2D eigenvalue weighted by Gasteiger charge is 2.15. The molecule has 0 spiro atoms. The Labute approximate surface area is 179 Å². The summed E-state index contributed by atoms with van der Waals surface area (Å²) in [6, 6.07) is 19.8. The van der Waals surface area contributed by atoms with E-state index in [9.17, 15) is 4.79 Å². The zero-order valence-corrected chi connectivity index (χ0v) is 17.4. The molecular formula is C24H21N3O4. The van der Waals surface area contributed by atoms with Crippen LogP contribution in [-0.2, 0) is 0 Å². The van der Waals surface area contributed by atoms with Crippen LogP contribution in [0.1, 0.15) is 16.1 Å². The molecule has 4 rings (SSSR count). The molecule has 2 aromatic carbocycles. The normalized spacial score (nSPS) is 11.4. The molecule has 0 unspecified atom stereocenters. The molecule has 2 heterocycles. The van der Waals surface area contributed by atoms with Gasteiger partial charge in [0.15, 0.2) is 11.3 Å². The van der Waals surface area contributed by atoms with E-state index in [1.54, 1.807) is 56.7 Å². The molecule has 1 N–H and O–H groups in total. The number of fused-ring (bicyclic) bond motifs is 1. The minimum absolute atomic E-state index is 0.160. The summed E-state index contributed by atoms with van der Waals surface area (Å²) in [5.74, 6) is 1.33. The Morgan fingerprint density at radius 2 is 1.77 bits per heavy atom. The van der Waals surface area contributed by atoms with Gasteiger partial charge in [-0.15, -0.1) is 0 Å². The van der Waals surface area contributed by atoms with Crippen molar-refractivity contribution in [2.45, 2.75) is 6.92 Å². The van der Waals surface area contributed by atoms with Gasteiger partial charge in [0.05, 0.1) is 19.9 Å². The fraction of sp³-hybridized carbons (Fsp3) is 0.125. The van der Waals surface area contributed by atoms with E-state index in [-0.39, 0.29) is 17.0 Å². The van der Waals surface area contributed by atoms with Crippen molar-refractivity contribution >= 4 is 28.4 Å². The van der Waals surface area contributed by atoms with Crippen LogP contribution in [0, 0.1) is 6.92 Å². The molecular weight excluding hydrogens is 394 g/mol. The number of benzene rings is 2. The Morgan fingerprint density at radius 1 is 1.00 bits per heavy atom.